The van der Waals surface area contributed by atoms with Crippen molar-refractivity contribution in [3.63, 3.8) is 0 Å². The number of nitriles is 1. The smallest absolute Gasteiger partial charge is 0.333 e. The predicted molar refractivity (Wildman–Crippen MR) is 131 cm³/mol. The fraction of sp³-hybridized carbons (Fsp3) is 0.174. The summed E-state index contributed by atoms with van der Waals surface area (Å²) in [5, 5.41) is 18.0. The molecule has 0 saturated heterocycles. The average Bonchev–Trinajstić information content (AvgIpc) is 2.84. The lowest BCUT2D eigenvalue weighted by molar-refractivity contribution is 0.358. The van der Waals surface area contributed by atoms with Crippen LogP contribution in [0.25, 0.3) is 0 Å². The first-order valence-electron chi connectivity index (χ1n) is 10.2. The van der Waals surface area contributed by atoms with Crippen molar-refractivity contribution in [3.05, 3.63) is 77.9 Å². The molecule has 0 spiro atoms. The molecular formula is C23H24N6O4S. The van der Waals surface area contributed by atoms with E-state index in [0.717, 1.165) is 11.3 Å². The molecule has 0 unspecified atom stereocenters. The van der Waals surface area contributed by atoms with Crippen LogP contribution >= 0.6 is 0 Å². The third-order valence-electron chi connectivity index (χ3n) is 4.56. The van der Waals surface area contributed by atoms with Crippen molar-refractivity contribution < 1.29 is 17.3 Å². The van der Waals surface area contributed by atoms with Crippen LogP contribution in [-0.2, 0) is 14.5 Å². The minimum atomic E-state index is -4.01. The van der Waals surface area contributed by atoms with Gasteiger partial charge in [-0.05, 0) is 36.8 Å². The van der Waals surface area contributed by atoms with E-state index in [1.54, 1.807) is 48.0 Å². The molecule has 0 bridgehead atoms. The molecule has 11 heteroatoms. The molecule has 0 radical (unpaired) electrons. The van der Waals surface area contributed by atoms with Gasteiger partial charge in [-0.1, -0.05) is 36.4 Å². The first-order chi connectivity index (χ1) is 16.4. The van der Waals surface area contributed by atoms with E-state index >= 15 is 0 Å². The molecule has 2 aromatic rings. The van der Waals surface area contributed by atoms with E-state index in [4.69, 9.17) is 9.88 Å². The number of ether oxygens (including phenoxy) is 1. The number of anilines is 1. The number of allylic oxidation sites excluding steroid dienone is 1. The molecule has 176 valence electrons. The highest BCUT2D eigenvalue weighted by Gasteiger charge is 2.17. The largest absolute Gasteiger partial charge is 0.456 e. The Morgan fingerprint density at radius 1 is 1.24 bits per heavy atom. The Morgan fingerprint density at radius 3 is 2.62 bits per heavy atom. The number of nitrogens with zero attached hydrogens (tertiary/aromatic N) is 5. The fourth-order valence-corrected chi connectivity index (χ4v) is 3.23. The van der Waals surface area contributed by atoms with Crippen LogP contribution in [0, 0.1) is 11.3 Å². The van der Waals surface area contributed by atoms with Crippen molar-refractivity contribution in [3.8, 4) is 17.6 Å². The SMILES string of the molecule is C/C=C(\C=C/COS(N)(=O)=O)CN(c1ccc(C#N)c(Oc2ccccc2)c1)N1C=NCN=C1. The van der Waals surface area contributed by atoms with Crippen LogP contribution in [0.15, 0.2) is 82.3 Å². The summed E-state index contributed by atoms with van der Waals surface area (Å²) in [6, 6.07) is 16.6. The molecule has 0 aromatic heterocycles. The molecule has 2 aromatic carbocycles. The van der Waals surface area contributed by atoms with Crippen molar-refractivity contribution in [2.45, 2.75) is 6.92 Å². The second-order valence-electron chi connectivity index (χ2n) is 6.93. The zero-order valence-electron chi connectivity index (χ0n) is 18.5. The number of hydrogen-bond donors (Lipinski definition) is 1. The zero-order valence-corrected chi connectivity index (χ0v) is 19.3. The van der Waals surface area contributed by atoms with Gasteiger partial charge in [0.1, 0.15) is 36.9 Å². The molecule has 34 heavy (non-hydrogen) atoms. The quantitative estimate of drug-likeness (QED) is 0.516. The molecule has 1 aliphatic rings. The molecule has 0 amide bonds. The third kappa shape index (κ3) is 7.28. The van der Waals surface area contributed by atoms with Crippen LogP contribution in [0.3, 0.4) is 0 Å². The molecule has 3 rings (SSSR count). The van der Waals surface area contributed by atoms with Gasteiger partial charge < -0.3 is 4.74 Å². The van der Waals surface area contributed by atoms with Gasteiger partial charge in [0.25, 0.3) is 0 Å². The Morgan fingerprint density at radius 2 is 1.97 bits per heavy atom. The highest BCUT2D eigenvalue weighted by atomic mass is 32.2. The predicted octanol–water partition coefficient (Wildman–Crippen LogP) is 3.12. The van der Waals surface area contributed by atoms with Gasteiger partial charge in [0.2, 0.25) is 0 Å². The summed E-state index contributed by atoms with van der Waals surface area (Å²) in [6.45, 7) is 2.38. The lowest BCUT2D eigenvalue weighted by Gasteiger charge is -2.33. The Labute approximate surface area is 198 Å². The number of rotatable bonds is 10. The lowest BCUT2D eigenvalue weighted by atomic mass is 10.1. The highest BCUT2D eigenvalue weighted by Crippen LogP contribution is 2.30. The molecule has 2 N–H and O–H groups in total. The maximum absolute atomic E-state index is 11.0. The van der Waals surface area contributed by atoms with Gasteiger partial charge in [0, 0.05) is 6.07 Å². The van der Waals surface area contributed by atoms with Gasteiger partial charge in [0.15, 0.2) is 0 Å². The van der Waals surface area contributed by atoms with Gasteiger partial charge in [-0.25, -0.2) is 10.1 Å². The van der Waals surface area contributed by atoms with E-state index in [1.165, 1.54) is 0 Å². The van der Waals surface area contributed by atoms with E-state index < -0.39 is 10.3 Å². The lowest BCUT2D eigenvalue weighted by Crippen LogP contribution is -2.43. The molecule has 1 heterocycles. The Hall–Kier alpha value is -3.98. The Kier molecular flexibility index (Phi) is 8.53. The maximum atomic E-state index is 11.0. The number of benzene rings is 2. The van der Waals surface area contributed by atoms with Crippen LogP contribution in [0.2, 0.25) is 0 Å². The molecule has 0 saturated carbocycles. The molecule has 0 aliphatic carbocycles. The zero-order chi connectivity index (χ0) is 24.4. The first-order valence-corrected chi connectivity index (χ1v) is 11.7. The summed E-state index contributed by atoms with van der Waals surface area (Å²) in [5.41, 5.74) is 1.96. The van der Waals surface area contributed by atoms with E-state index in [9.17, 15) is 13.7 Å². The van der Waals surface area contributed by atoms with Crippen molar-refractivity contribution >= 4 is 28.7 Å². The maximum Gasteiger partial charge on any atom is 0.333 e. The molecular weight excluding hydrogens is 456 g/mol. The topological polar surface area (TPSA) is 134 Å². The Balaban J connectivity index is 1.90. The number of para-hydroxylation sites is 1. The molecule has 0 fully saturated rings. The first kappa shape index (κ1) is 24.7. The molecule has 10 nitrogen and oxygen atoms in total. The van der Waals surface area contributed by atoms with Crippen LogP contribution in [-0.4, -0.2) is 45.9 Å². The molecule has 0 atom stereocenters. The second-order valence-corrected chi connectivity index (χ2v) is 8.15. The van der Waals surface area contributed by atoms with Crippen molar-refractivity contribution in [2.75, 3.05) is 24.8 Å². The van der Waals surface area contributed by atoms with E-state index in [-0.39, 0.29) is 6.61 Å². The second kappa shape index (κ2) is 11.8. The highest BCUT2D eigenvalue weighted by molar-refractivity contribution is 7.84. The van der Waals surface area contributed by atoms with E-state index in [2.05, 4.69) is 20.2 Å². The minimum absolute atomic E-state index is 0.186. The summed E-state index contributed by atoms with van der Waals surface area (Å²) in [7, 11) is -4.01. The van der Waals surface area contributed by atoms with Gasteiger partial charge in [-0.3, -0.25) is 19.2 Å². The van der Waals surface area contributed by atoms with E-state index in [1.807, 2.05) is 48.3 Å². The van der Waals surface area contributed by atoms with Crippen LogP contribution in [0.1, 0.15) is 12.5 Å². The summed E-state index contributed by atoms with van der Waals surface area (Å²) in [6.07, 6.45) is 8.46. The summed E-state index contributed by atoms with van der Waals surface area (Å²) in [5.74, 6) is 1.01. The van der Waals surface area contributed by atoms with Gasteiger partial charge in [-0.2, -0.15) is 13.7 Å². The molecule has 1 aliphatic heterocycles. The minimum Gasteiger partial charge on any atom is -0.456 e. The van der Waals surface area contributed by atoms with Crippen molar-refractivity contribution in [1.29, 1.82) is 5.26 Å². The summed E-state index contributed by atoms with van der Waals surface area (Å²) < 4.78 is 32.4. The number of hydrazine groups is 1. The van der Waals surface area contributed by atoms with Gasteiger partial charge in [-0.15, -0.1) is 0 Å². The average molecular weight is 481 g/mol. The van der Waals surface area contributed by atoms with Crippen LogP contribution < -0.4 is 14.9 Å². The van der Waals surface area contributed by atoms with E-state index in [0.29, 0.717) is 30.3 Å². The van der Waals surface area contributed by atoms with Gasteiger partial charge in [0.05, 0.1) is 24.4 Å². The standard InChI is InChI=1S/C23H24N6O4S/c1-2-19(7-6-12-32-34(25,30)31)15-29(28-17-26-16-27-18-28)21-11-10-20(14-24)23(13-21)33-22-8-4-3-5-9-22/h2-11,13,17-18H,12,15-16H2,1H3,(H2,25,30,31)/b7-6-,19-2+. The van der Waals surface area contributed by atoms with Crippen LogP contribution in [0.5, 0.6) is 11.5 Å². The summed E-state index contributed by atoms with van der Waals surface area (Å²) in [4.78, 5) is 8.41. The van der Waals surface area contributed by atoms with Crippen molar-refractivity contribution in [2.24, 2.45) is 15.1 Å². The van der Waals surface area contributed by atoms with Gasteiger partial charge >= 0.3 is 10.3 Å². The Bertz CT molecular complexity index is 1240. The third-order valence-corrected chi connectivity index (χ3v) is 5.02. The monoisotopic (exact) mass is 480 g/mol. The normalized spacial score (nSPS) is 13.8. The van der Waals surface area contributed by atoms with Crippen LogP contribution in [0.4, 0.5) is 5.69 Å². The number of nitrogens with two attached hydrogens (primary N) is 1. The number of aliphatic imine (C=N–C) groups is 2. The summed E-state index contributed by atoms with van der Waals surface area (Å²) >= 11 is 0. The van der Waals surface area contributed by atoms with Crippen molar-refractivity contribution in [1.82, 2.24) is 5.01 Å². The fourth-order valence-electron chi connectivity index (χ4n) is 2.96. The number of hydrogen-bond acceptors (Lipinski definition) is 9.